The van der Waals surface area contributed by atoms with Crippen LogP contribution in [-0.2, 0) is 0 Å². The first kappa shape index (κ1) is 13.9. The van der Waals surface area contributed by atoms with E-state index >= 15 is 0 Å². The van der Waals surface area contributed by atoms with Crippen LogP contribution in [0.4, 0.5) is 5.69 Å². The molecule has 2 aromatic rings. The van der Waals surface area contributed by atoms with Crippen molar-refractivity contribution in [2.24, 2.45) is 0 Å². The number of phenols is 2. The molecule has 0 unspecified atom stereocenters. The van der Waals surface area contributed by atoms with E-state index in [1.165, 1.54) is 18.2 Å². The summed E-state index contributed by atoms with van der Waals surface area (Å²) >= 11 is 0. The molecule has 0 aromatic heterocycles. The maximum absolute atomic E-state index is 12.2. The van der Waals surface area contributed by atoms with Gasteiger partial charge in [0.15, 0.2) is 0 Å². The summed E-state index contributed by atoms with van der Waals surface area (Å²) in [6.45, 7) is 4.08. The number of aromatic hydroxyl groups is 2. The number of para-hydroxylation sites is 1. The van der Waals surface area contributed by atoms with Crippen LogP contribution in [-0.4, -0.2) is 16.1 Å². The highest BCUT2D eigenvalue weighted by Gasteiger charge is 2.14. The van der Waals surface area contributed by atoms with Crippen LogP contribution in [0.2, 0.25) is 0 Å². The van der Waals surface area contributed by atoms with E-state index in [1.54, 1.807) is 0 Å². The van der Waals surface area contributed by atoms with Gasteiger partial charge >= 0.3 is 0 Å². The number of anilines is 1. The smallest absolute Gasteiger partial charge is 0.259 e. The Morgan fingerprint density at radius 1 is 1.10 bits per heavy atom. The lowest BCUT2D eigenvalue weighted by molar-refractivity contribution is 0.102. The minimum Gasteiger partial charge on any atom is -0.508 e. The average Bonchev–Trinajstić information content (AvgIpc) is 2.41. The molecule has 0 heterocycles. The number of benzene rings is 2. The number of rotatable bonds is 3. The lowest BCUT2D eigenvalue weighted by atomic mass is 10.0. The third-order valence-electron chi connectivity index (χ3n) is 3.06. The van der Waals surface area contributed by atoms with E-state index < -0.39 is 5.91 Å². The van der Waals surface area contributed by atoms with E-state index in [0.29, 0.717) is 5.69 Å². The van der Waals surface area contributed by atoms with Gasteiger partial charge in [-0.05, 0) is 35.7 Å². The summed E-state index contributed by atoms with van der Waals surface area (Å²) in [7, 11) is 0. The Hall–Kier alpha value is -2.49. The molecule has 0 radical (unpaired) electrons. The highest BCUT2D eigenvalue weighted by molar-refractivity contribution is 6.06. The van der Waals surface area contributed by atoms with Crippen LogP contribution >= 0.6 is 0 Å². The number of hydrogen-bond acceptors (Lipinski definition) is 3. The predicted octanol–water partition coefficient (Wildman–Crippen LogP) is 3.47. The van der Waals surface area contributed by atoms with Crippen LogP contribution in [0.15, 0.2) is 42.5 Å². The Bertz CT molecular complexity index is 635. The van der Waals surface area contributed by atoms with Gasteiger partial charge in [-0.15, -0.1) is 0 Å². The topological polar surface area (TPSA) is 69.6 Å². The zero-order chi connectivity index (χ0) is 14.7. The number of hydrogen-bond donors (Lipinski definition) is 3. The van der Waals surface area contributed by atoms with E-state index in [9.17, 15) is 15.0 Å². The van der Waals surface area contributed by atoms with Crippen LogP contribution in [0.3, 0.4) is 0 Å². The number of carbonyl (C=O) groups is 1. The molecule has 0 spiro atoms. The molecule has 0 aliphatic rings. The molecule has 0 saturated carbocycles. The van der Waals surface area contributed by atoms with E-state index in [0.717, 1.165) is 5.56 Å². The van der Waals surface area contributed by atoms with Crippen LogP contribution < -0.4 is 5.32 Å². The van der Waals surface area contributed by atoms with E-state index in [2.05, 4.69) is 5.32 Å². The Balaban J connectivity index is 2.31. The minimum atomic E-state index is -0.452. The first-order valence-corrected chi connectivity index (χ1v) is 6.41. The maximum atomic E-state index is 12.2. The van der Waals surface area contributed by atoms with Gasteiger partial charge in [-0.2, -0.15) is 0 Å². The van der Waals surface area contributed by atoms with E-state index in [1.807, 2.05) is 38.1 Å². The fourth-order valence-electron chi connectivity index (χ4n) is 2.01. The largest absolute Gasteiger partial charge is 0.508 e. The van der Waals surface area contributed by atoms with Crippen molar-refractivity contribution < 1.29 is 15.0 Å². The normalized spacial score (nSPS) is 10.6. The molecule has 2 aromatic carbocycles. The number of carbonyl (C=O) groups excluding carboxylic acids is 1. The van der Waals surface area contributed by atoms with Crippen LogP contribution in [0, 0.1) is 0 Å². The van der Waals surface area contributed by atoms with Crippen molar-refractivity contribution in [1.29, 1.82) is 0 Å². The van der Waals surface area contributed by atoms with Crippen molar-refractivity contribution >= 4 is 11.6 Å². The fraction of sp³-hybridized carbons (Fsp3) is 0.188. The van der Waals surface area contributed by atoms with Crippen molar-refractivity contribution in [2.75, 3.05) is 5.32 Å². The summed E-state index contributed by atoms with van der Waals surface area (Å²) in [5.74, 6) is -0.414. The first-order valence-electron chi connectivity index (χ1n) is 6.41. The Labute approximate surface area is 117 Å². The Kier molecular flexibility index (Phi) is 3.94. The summed E-state index contributed by atoms with van der Waals surface area (Å²) in [4.78, 5) is 12.2. The second-order valence-corrected chi connectivity index (χ2v) is 4.90. The molecular weight excluding hydrogens is 254 g/mol. The monoisotopic (exact) mass is 271 g/mol. The number of phenolic OH excluding ortho intramolecular Hbond substituents is 2. The van der Waals surface area contributed by atoms with Crippen LogP contribution in [0.5, 0.6) is 11.5 Å². The lowest BCUT2D eigenvalue weighted by Crippen LogP contribution is -2.13. The predicted molar refractivity (Wildman–Crippen MR) is 78.3 cm³/mol. The molecular formula is C16H17NO3. The molecule has 0 fully saturated rings. The van der Waals surface area contributed by atoms with Crippen molar-refractivity contribution in [2.45, 2.75) is 19.8 Å². The average molecular weight is 271 g/mol. The van der Waals surface area contributed by atoms with Crippen molar-refractivity contribution in [1.82, 2.24) is 0 Å². The minimum absolute atomic E-state index is 0.0450. The molecule has 4 nitrogen and oxygen atoms in total. The van der Waals surface area contributed by atoms with Gasteiger partial charge in [-0.1, -0.05) is 32.0 Å². The second kappa shape index (κ2) is 5.65. The molecule has 104 valence electrons. The number of nitrogens with one attached hydrogen (secondary N) is 1. The molecule has 0 saturated heterocycles. The fourth-order valence-corrected chi connectivity index (χ4v) is 2.01. The summed E-state index contributed by atoms with van der Waals surface area (Å²) in [5, 5.41) is 21.9. The molecule has 0 bridgehead atoms. The summed E-state index contributed by atoms with van der Waals surface area (Å²) in [6.07, 6.45) is 0. The SMILES string of the molecule is CC(C)c1ccccc1NC(=O)c1cc(O)ccc1O. The van der Waals surface area contributed by atoms with Gasteiger partial charge in [-0.3, -0.25) is 4.79 Å². The maximum Gasteiger partial charge on any atom is 0.259 e. The van der Waals surface area contributed by atoms with Gasteiger partial charge in [0.2, 0.25) is 0 Å². The zero-order valence-corrected chi connectivity index (χ0v) is 11.4. The Morgan fingerprint density at radius 2 is 1.80 bits per heavy atom. The van der Waals surface area contributed by atoms with Crippen LogP contribution in [0.1, 0.15) is 35.7 Å². The number of amides is 1. The molecule has 3 N–H and O–H groups in total. The van der Waals surface area contributed by atoms with Crippen molar-refractivity contribution in [3.05, 3.63) is 53.6 Å². The standard InChI is InChI=1S/C16H17NO3/c1-10(2)12-5-3-4-6-14(12)17-16(20)13-9-11(18)7-8-15(13)19/h3-10,18-19H,1-2H3,(H,17,20). The van der Waals surface area contributed by atoms with Gasteiger partial charge < -0.3 is 15.5 Å². The van der Waals surface area contributed by atoms with Crippen molar-refractivity contribution in [3.8, 4) is 11.5 Å². The third kappa shape index (κ3) is 2.91. The summed E-state index contributed by atoms with van der Waals surface area (Å²) < 4.78 is 0. The van der Waals surface area contributed by atoms with Gasteiger partial charge in [-0.25, -0.2) is 0 Å². The van der Waals surface area contributed by atoms with E-state index in [4.69, 9.17) is 0 Å². The summed E-state index contributed by atoms with van der Waals surface area (Å²) in [5.41, 5.74) is 1.76. The molecule has 0 aliphatic heterocycles. The molecule has 2 rings (SSSR count). The van der Waals surface area contributed by atoms with Crippen molar-refractivity contribution in [3.63, 3.8) is 0 Å². The van der Waals surface area contributed by atoms with Gasteiger partial charge in [0, 0.05) is 5.69 Å². The summed E-state index contributed by atoms with van der Waals surface area (Å²) in [6, 6.07) is 11.4. The zero-order valence-electron chi connectivity index (χ0n) is 11.4. The molecule has 20 heavy (non-hydrogen) atoms. The van der Waals surface area contributed by atoms with Gasteiger partial charge in [0.05, 0.1) is 5.56 Å². The quantitative estimate of drug-likeness (QED) is 0.749. The van der Waals surface area contributed by atoms with Gasteiger partial charge in [0.1, 0.15) is 11.5 Å². The molecule has 0 aliphatic carbocycles. The van der Waals surface area contributed by atoms with Gasteiger partial charge in [0.25, 0.3) is 5.91 Å². The highest BCUT2D eigenvalue weighted by atomic mass is 16.3. The molecule has 4 heteroatoms. The lowest BCUT2D eigenvalue weighted by Gasteiger charge is -2.14. The molecule has 1 amide bonds. The van der Waals surface area contributed by atoms with E-state index in [-0.39, 0.29) is 23.0 Å². The highest BCUT2D eigenvalue weighted by Crippen LogP contribution is 2.26. The Morgan fingerprint density at radius 3 is 2.50 bits per heavy atom. The third-order valence-corrected chi connectivity index (χ3v) is 3.06. The first-order chi connectivity index (χ1) is 9.49. The second-order valence-electron chi connectivity index (χ2n) is 4.90. The van der Waals surface area contributed by atoms with Crippen LogP contribution in [0.25, 0.3) is 0 Å². The molecule has 0 atom stereocenters.